The average Bonchev–Trinajstić information content (AvgIpc) is 3.05. The van der Waals surface area contributed by atoms with E-state index in [2.05, 4.69) is 15.7 Å². The summed E-state index contributed by atoms with van der Waals surface area (Å²) in [6.07, 6.45) is 3.29. The average molecular weight is 403 g/mol. The maximum Gasteiger partial charge on any atom is 0.175 e. The third-order valence-corrected chi connectivity index (χ3v) is 4.38. The fourth-order valence-corrected chi connectivity index (χ4v) is 2.90. The molecule has 0 saturated carbocycles. The zero-order chi connectivity index (χ0) is 19.4. The van der Waals surface area contributed by atoms with Crippen molar-refractivity contribution >= 4 is 46.1 Å². The molecule has 8 heteroatoms. The summed E-state index contributed by atoms with van der Waals surface area (Å²) in [5.41, 5.74) is 2.41. The number of halogens is 2. The molecule has 0 radical (unpaired) electrons. The van der Waals surface area contributed by atoms with Crippen LogP contribution in [0.2, 0.25) is 5.02 Å². The van der Waals surface area contributed by atoms with Crippen molar-refractivity contribution in [2.45, 2.75) is 13.5 Å². The minimum Gasteiger partial charge on any atom is -0.332 e. The fraction of sp³-hybridized carbons (Fsp3) is 0.105. The first kappa shape index (κ1) is 19.0. The highest BCUT2D eigenvalue weighted by molar-refractivity contribution is 7.80. The normalized spacial score (nSPS) is 10.5. The zero-order valence-electron chi connectivity index (χ0n) is 14.4. The predicted molar refractivity (Wildman–Crippen MR) is 109 cm³/mol. The van der Waals surface area contributed by atoms with Gasteiger partial charge in [0.15, 0.2) is 10.9 Å². The van der Waals surface area contributed by atoms with Gasteiger partial charge in [-0.2, -0.15) is 5.10 Å². The van der Waals surface area contributed by atoms with Gasteiger partial charge in [0, 0.05) is 28.0 Å². The van der Waals surface area contributed by atoms with Gasteiger partial charge in [0.1, 0.15) is 5.82 Å². The van der Waals surface area contributed by atoms with E-state index in [9.17, 15) is 9.18 Å². The molecule has 0 fully saturated rings. The van der Waals surface area contributed by atoms with Gasteiger partial charge in [0.2, 0.25) is 0 Å². The van der Waals surface area contributed by atoms with Crippen LogP contribution in [0.1, 0.15) is 22.8 Å². The van der Waals surface area contributed by atoms with Gasteiger partial charge in [-0.3, -0.25) is 9.48 Å². The second kappa shape index (κ2) is 8.28. The lowest BCUT2D eigenvalue weighted by Crippen LogP contribution is -2.18. The number of thiocarbonyl (C=S) groups is 1. The molecule has 0 aliphatic heterocycles. The Morgan fingerprint density at radius 1 is 1.19 bits per heavy atom. The number of ketones is 1. The number of anilines is 2. The van der Waals surface area contributed by atoms with Crippen molar-refractivity contribution < 1.29 is 9.18 Å². The Bertz CT molecular complexity index is 967. The number of benzene rings is 2. The summed E-state index contributed by atoms with van der Waals surface area (Å²) in [5, 5.41) is 10.9. The number of Topliss-reactive ketones (excluding diaryl/α,β-unsaturated/α-hetero) is 1. The molecular formula is C19H16ClFN4OS. The van der Waals surface area contributed by atoms with E-state index in [-0.39, 0.29) is 18.1 Å². The van der Waals surface area contributed by atoms with Crippen LogP contribution < -0.4 is 10.6 Å². The lowest BCUT2D eigenvalue weighted by molar-refractivity contribution is 0.101. The zero-order valence-corrected chi connectivity index (χ0v) is 15.9. The topological polar surface area (TPSA) is 59.0 Å². The molecule has 0 amide bonds. The number of aromatic nitrogens is 2. The van der Waals surface area contributed by atoms with Crippen molar-refractivity contribution in [2.24, 2.45) is 0 Å². The summed E-state index contributed by atoms with van der Waals surface area (Å²) < 4.78 is 15.4. The van der Waals surface area contributed by atoms with Crippen LogP contribution in [0, 0.1) is 5.82 Å². The maximum atomic E-state index is 13.9. The molecule has 3 rings (SSSR count). The summed E-state index contributed by atoms with van der Waals surface area (Å²) in [4.78, 5) is 11.3. The standard InChI is InChI=1S/C19H16ClFN4OS/c1-12(26)13-5-7-14(8-6-13)23-19(27)24-15-9-22-25(10-15)11-16-17(20)3-2-4-18(16)21/h2-10H,11H2,1H3,(H2,23,24,27). The van der Waals surface area contributed by atoms with Gasteiger partial charge in [-0.25, -0.2) is 4.39 Å². The molecule has 2 aromatic carbocycles. The molecule has 1 heterocycles. The van der Waals surface area contributed by atoms with E-state index in [1.165, 1.54) is 13.0 Å². The highest BCUT2D eigenvalue weighted by atomic mass is 35.5. The molecule has 0 spiro atoms. The number of hydrogen-bond donors (Lipinski definition) is 2. The summed E-state index contributed by atoms with van der Waals surface area (Å²) >= 11 is 11.3. The molecule has 138 valence electrons. The smallest absolute Gasteiger partial charge is 0.175 e. The van der Waals surface area contributed by atoms with Crippen LogP contribution in [0.15, 0.2) is 54.9 Å². The van der Waals surface area contributed by atoms with Gasteiger partial charge in [-0.05, 0) is 55.5 Å². The first-order valence-corrected chi connectivity index (χ1v) is 8.85. The molecule has 0 bridgehead atoms. The number of carbonyl (C=O) groups is 1. The summed E-state index contributed by atoms with van der Waals surface area (Å²) in [6, 6.07) is 11.6. The molecule has 0 aliphatic carbocycles. The van der Waals surface area contributed by atoms with Crippen LogP contribution in [-0.2, 0) is 6.54 Å². The largest absolute Gasteiger partial charge is 0.332 e. The van der Waals surface area contributed by atoms with Gasteiger partial charge >= 0.3 is 0 Å². The first-order chi connectivity index (χ1) is 12.9. The van der Waals surface area contributed by atoms with Crippen LogP contribution in [0.5, 0.6) is 0 Å². The summed E-state index contributed by atoms with van der Waals surface area (Å²) in [7, 11) is 0. The van der Waals surface area contributed by atoms with Crippen molar-refractivity contribution in [3.63, 3.8) is 0 Å². The number of nitrogens with zero attached hydrogens (tertiary/aromatic N) is 2. The molecule has 3 aromatic rings. The van der Waals surface area contributed by atoms with Gasteiger partial charge in [-0.1, -0.05) is 17.7 Å². The fourth-order valence-electron chi connectivity index (χ4n) is 2.44. The van der Waals surface area contributed by atoms with Crippen LogP contribution in [-0.4, -0.2) is 20.7 Å². The predicted octanol–water partition coefficient (Wildman–Crippen LogP) is 4.74. The highest BCUT2D eigenvalue weighted by Gasteiger charge is 2.09. The van der Waals surface area contributed by atoms with E-state index in [0.717, 1.165) is 5.69 Å². The third-order valence-electron chi connectivity index (χ3n) is 3.82. The van der Waals surface area contributed by atoms with Gasteiger partial charge in [0.05, 0.1) is 18.4 Å². The van der Waals surface area contributed by atoms with Crippen molar-refractivity contribution in [1.82, 2.24) is 9.78 Å². The monoisotopic (exact) mass is 402 g/mol. The third kappa shape index (κ3) is 4.90. The Hall–Kier alpha value is -2.77. The Balaban J connectivity index is 1.61. The minimum absolute atomic E-state index is 0.00428. The molecule has 27 heavy (non-hydrogen) atoms. The second-order valence-corrected chi connectivity index (χ2v) is 6.65. The Morgan fingerprint density at radius 2 is 1.89 bits per heavy atom. The number of hydrogen-bond acceptors (Lipinski definition) is 3. The van der Waals surface area contributed by atoms with E-state index in [1.807, 2.05) is 0 Å². The van der Waals surface area contributed by atoms with Crippen molar-refractivity contribution in [2.75, 3.05) is 10.6 Å². The quantitative estimate of drug-likeness (QED) is 0.477. The van der Waals surface area contributed by atoms with Gasteiger partial charge < -0.3 is 10.6 Å². The molecule has 1 aromatic heterocycles. The second-order valence-electron chi connectivity index (χ2n) is 5.84. The lowest BCUT2D eigenvalue weighted by atomic mass is 10.1. The van der Waals surface area contributed by atoms with E-state index in [1.54, 1.807) is 53.5 Å². The van der Waals surface area contributed by atoms with E-state index >= 15 is 0 Å². The van der Waals surface area contributed by atoms with Crippen molar-refractivity contribution in [3.8, 4) is 0 Å². The Kier molecular flexibility index (Phi) is 5.83. The molecule has 2 N–H and O–H groups in total. The van der Waals surface area contributed by atoms with Crippen molar-refractivity contribution in [3.05, 3.63) is 76.8 Å². The number of rotatable bonds is 5. The van der Waals surface area contributed by atoms with Crippen LogP contribution in [0.4, 0.5) is 15.8 Å². The lowest BCUT2D eigenvalue weighted by Gasteiger charge is -2.09. The van der Waals surface area contributed by atoms with Crippen LogP contribution in [0.3, 0.4) is 0 Å². The van der Waals surface area contributed by atoms with E-state index in [4.69, 9.17) is 23.8 Å². The molecule has 0 atom stereocenters. The van der Waals surface area contributed by atoms with E-state index < -0.39 is 0 Å². The molecule has 0 aliphatic rings. The maximum absolute atomic E-state index is 13.9. The SMILES string of the molecule is CC(=O)c1ccc(NC(=S)Nc2cnn(Cc3c(F)cccc3Cl)c2)cc1. The number of carbonyl (C=O) groups excluding carboxylic acids is 1. The Morgan fingerprint density at radius 3 is 2.56 bits per heavy atom. The van der Waals surface area contributed by atoms with Gasteiger partial charge in [0.25, 0.3) is 0 Å². The molecule has 0 unspecified atom stereocenters. The first-order valence-electron chi connectivity index (χ1n) is 8.07. The number of nitrogens with one attached hydrogen (secondary N) is 2. The molecular weight excluding hydrogens is 387 g/mol. The summed E-state index contributed by atoms with van der Waals surface area (Å²) in [5.74, 6) is -0.372. The van der Waals surface area contributed by atoms with Crippen molar-refractivity contribution in [1.29, 1.82) is 0 Å². The van der Waals surface area contributed by atoms with Crippen LogP contribution in [0.25, 0.3) is 0 Å². The molecule has 0 saturated heterocycles. The minimum atomic E-state index is -0.376. The Labute approximate surface area is 166 Å². The van der Waals surface area contributed by atoms with Gasteiger partial charge in [-0.15, -0.1) is 0 Å². The molecule has 5 nitrogen and oxygen atoms in total. The van der Waals surface area contributed by atoms with E-state index in [0.29, 0.717) is 26.9 Å². The van der Waals surface area contributed by atoms with Crippen LogP contribution >= 0.6 is 23.8 Å². The highest BCUT2D eigenvalue weighted by Crippen LogP contribution is 2.20. The summed E-state index contributed by atoms with van der Waals surface area (Å²) in [6.45, 7) is 1.72.